The molecule has 1 saturated heterocycles. The van der Waals surface area contributed by atoms with Crippen LogP contribution in [0.25, 0.3) is 0 Å². The first-order chi connectivity index (χ1) is 11.3. The number of carboxylic acids is 1. The van der Waals surface area contributed by atoms with Gasteiger partial charge < -0.3 is 14.9 Å². The molecule has 1 aliphatic rings. The van der Waals surface area contributed by atoms with Crippen LogP contribution in [0.15, 0.2) is 24.3 Å². The van der Waals surface area contributed by atoms with Crippen LogP contribution in [0.3, 0.4) is 0 Å². The lowest BCUT2D eigenvalue weighted by Gasteiger charge is -2.28. The Morgan fingerprint density at radius 3 is 2.62 bits per heavy atom. The average molecular weight is 336 g/mol. The van der Waals surface area contributed by atoms with Crippen LogP contribution in [0, 0.1) is 11.7 Å². The lowest BCUT2D eigenvalue weighted by Crippen LogP contribution is -2.43. The van der Waals surface area contributed by atoms with Crippen molar-refractivity contribution < 1.29 is 23.9 Å². The van der Waals surface area contributed by atoms with Gasteiger partial charge in [-0.15, -0.1) is 0 Å². The van der Waals surface area contributed by atoms with Gasteiger partial charge in [0.15, 0.2) is 0 Å². The van der Waals surface area contributed by atoms with Gasteiger partial charge in [0.25, 0.3) is 0 Å². The number of aliphatic carboxylic acids is 1. The lowest BCUT2D eigenvalue weighted by molar-refractivity contribution is -0.141. The second kappa shape index (κ2) is 7.42. The van der Waals surface area contributed by atoms with Crippen molar-refractivity contribution in [3.05, 3.63) is 30.1 Å². The molecule has 130 valence electrons. The van der Waals surface area contributed by atoms with Crippen molar-refractivity contribution in [2.45, 2.75) is 32.7 Å². The molecule has 0 aliphatic carbocycles. The Kier molecular flexibility index (Phi) is 5.54. The van der Waals surface area contributed by atoms with Crippen LogP contribution < -0.4 is 4.90 Å². The molecule has 1 heterocycles. The number of amides is 2. The molecule has 2 rings (SSSR count). The molecular formula is C17H21FN2O4. The molecule has 24 heavy (non-hydrogen) atoms. The van der Waals surface area contributed by atoms with E-state index in [1.54, 1.807) is 19.9 Å². The summed E-state index contributed by atoms with van der Waals surface area (Å²) in [4.78, 5) is 38.4. The van der Waals surface area contributed by atoms with Crippen LogP contribution in [0.1, 0.15) is 26.7 Å². The fourth-order valence-corrected chi connectivity index (χ4v) is 2.85. The van der Waals surface area contributed by atoms with E-state index in [1.807, 2.05) is 0 Å². The number of hydrogen-bond donors (Lipinski definition) is 1. The minimum atomic E-state index is -0.982. The Morgan fingerprint density at radius 2 is 2.04 bits per heavy atom. The maximum absolute atomic E-state index is 13.9. The Labute approximate surface area is 139 Å². The van der Waals surface area contributed by atoms with Crippen molar-refractivity contribution in [3.63, 3.8) is 0 Å². The van der Waals surface area contributed by atoms with Gasteiger partial charge in [0.05, 0.1) is 18.0 Å². The molecule has 7 heteroatoms. The molecule has 1 N–H and O–H groups in total. The number of carbonyl (C=O) groups is 3. The third-order valence-corrected chi connectivity index (χ3v) is 4.09. The number of halogens is 1. The fourth-order valence-electron chi connectivity index (χ4n) is 2.85. The predicted octanol–water partition coefficient (Wildman–Crippen LogP) is 1.89. The first-order valence-electron chi connectivity index (χ1n) is 7.88. The first-order valence-corrected chi connectivity index (χ1v) is 7.88. The van der Waals surface area contributed by atoms with Crippen molar-refractivity contribution in [2.75, 3.05) is 18.0 Å². The third-order valence-electron chi connectivity index (χ3n) is 4.09. The second-order valence-corrected chi connectivity index (χ2v) is 6.13. The van der Waals surface area contributed by atoms with Crippen molar-refractivity contribution in [1.29, 1.82) is 0 Å². The predicted molar refractivity (Wildman–Crippen MR) is 86.0 cm³/mol. The topological polar surface area (TPSA) is 77.9 Å². The molecule has 2 amide bonds. The van der Waals surface area contributed by atoms with Crippen molar-refractivity contribution in [1.82, 2.24) is 4.90 Å². The van der Waals surface area contributed by atoms with E-state index in [0.717, 1.165) is 0 Å². The normalized spacial score (nSPS) is 17.4. The molecule has 0 spiro atoms. The van der Waals surface area contributed by atoms with E-state index in [4.69, 9.17) is 5.11 Å². The SMILES string of the molecule is CC(C)N(CCC(=O)O)C(=O)C1CC(=O)N(c2ccccc2F)C1. The van der Waals surface area contributed by atoms with Gasteiger partial charge in [-0.1, -0.05) is 12.1 Å². The molecule has 1 aliphatic heterocycles. The van der Waals surface area contributed by atoms with Crippen LogP contribution in [0.2, 0.25) is 0 Å². The first kappa shape index (κ1) is 17.9. The number of anilines is 1. The van der Waals surface area contributed by atoms with Gasteiger partial charge in [0, 0.05) is 25.6 Å². The lowest BCUT2D eigenvalue weighted by atomic mass is 10.1. The van der Waals surface area contributed by atoms with E-state index in [2.05, 4.69) is 0 Å². The molecule has 0 radical (unpaired) electrons. The van der Waals surface area contributed by atoms with Crippen LogP contribution in [0.4, 0.5) is 10.1 Å². The summed E-state index contributed by atoms with van der Waals surface area (Å²) in [5, 5.41) is 8.81. The standard InChI is InChI=1S/C17H21FN2O4/c1-11(2)19(8-7-16(22)23)17(24)12-9-15(21)20(10-12)14-6-4-3-5-13(14)18/h3-6,11-12H,7-10H2,1-2H3,(H,22,23). The Hall–Kier alpha value is -2.44. The number of rotatable bonds is 6. The third kappa shape index (κ3) is 3.90. The number of nitrogens with zero attached hydrogens (tertiary/aromatic N) is 2. The number of hydrogen-bond acceptors (Lipinski definition) is 3. The molecular weight excluding hydrogens is 315 g/mol. The summed E-state index contributed by atoms with van der Waals surface area (Å²) in [6.45, 7) is 3.79. The average Bonchev–Trinajstić information content (AvgIpc) is 2.89. The quantitative estimate of drug-likeness (QED) is 0.860. The van der Waals surface area contributed by atoms with Crippen LogP contribution in [0.5, 0.6) is 0 Å². The molecule has 1 aromatic rings. The highest BCUT2D eigenvalue weighted by molar-refractivity contribution is 6.00. The largest absolute Gasteiger partial charge is 0.481 e. The van der Waals surface area contributed by atoms with Crippen LogP contribution in [-0.4, -0.2) is 46.9 Å². The summed E-state index contributed by atoms with van der Waals surface area (Å²) in [5.74, 6) is -2.65. The molecule has 1 fully saturated rings. The minimum Gasteiger partial charge on any atom is -0.481 e. The maximum atomic E-state index is 13.9. The summed E-state index contributed by atoms with van der Waals surface area (Å²) >= 11 is 0. The Bertz CT molecular complexity index is 647. The van der Waals surface area contributed by atoms with Crippen molar-refractivity contribution in [2.24, 2.45) is 5.92 Å². The van der Waals surface area contributed by atoms with Gasteiger partial charge in [-0.05, 0) is 26.0 Å². The van der Waals surface area contributed by atoms with Gasteiger partial charge in [0.2, 0.25) is 11.8 Å². The van der Waals surface area contributed by atoms with Gasteiger partial charge in [-0.25, -0.2) is 4.39 Å². The second-order valence-electron chi connectivity index (χ2n) is 6.13. The smallest absolute Gasteiger partial charge is 0.305 e. The molecule has 0 aromatic heterocycles. The number of para-hydroxylation sites is 1. The van der Waals surface area contributed by atoms with Crippen LogP contribution >= 0.6 is 0 Å². The molecule has 6 nitrogen and oxygen atoms in total. The van der Waals surface area contributed by atoms with Gasteiger partial charge in [-0.3, -0.25) is 14.4 Å². The molecule has 1 aromatic carbocycles. The van der Waals surface area contributed by atoms with E-state index in [-0.39, 0.29) is 49.5 Å². The van der Waals surface area contributed by atoms with E-state index < -0.39 is 17.7 Å². The number of carbonyl (C=O) groups excluding carboxylic acids is 2. The fraction of sp³-hybridized carbons (Fsp3) is 0.471. The Balaban J connectivity index is 2.12. The van der Waals surface area contributed by atoms with E-state index in [1.165, 1.54) is 28.0 Å². The summed E-state index contributed by atoms with van der Waals surface area (Å²) in [6, 6.07) is 5.77. The highest BCUT2D eigenvalue weighted by atomic mass is 19.1. The Morgan fingerprint density at radius 1 is 1.38 bits per heavy atom. The highest BCUT2D eigenvalue weighted by Crippen LogP contribution is 2.28. The van der Waals surface area contributed by atoms with E-state index in [9.17, 15) is 18.8 Å². The summed E-state index contributed by atoms with van der Waals surface area (Å²) in [6.07, 6.45) is -0.148. The molecule has 0 bridgehead atoms. The summed E-state index contributed by atoms with van der Waals surface area (Å²) < 4.78 is 13.9. The highest BCUT2D eigenvalue weighted by Gasteiger charge is 2.38. The zero-order valence-corrected chi connectivity index (χ0v) is 13.7. The number of benzene rings is 1. The molecule has 1 atom stereocenters. The number of carboxylic acid groups (broad SMARTS) is 1. The van der Waals surface area contributed by atoms with Gasteiger partial charge in [-0.2, -0.15) is 0 Å². The summed E-state index contributed by atoms with van der Waals surface area (Å²) in [5.41, 5.74) is 0.166. The van der Waals surface area contributed by atoms with Gasteiger partial charge in [0.1, 0.15) is 5.82 Å². The molecule has 1 unspecified atom stereocenters. The van der Waals surface area contributed by atoms with Gasteiger partial charge >= 0.3 is 5.97 Å². The molecule has 0 saturated carbocycles. The van der Waals surface area contributed by atoms with E-state index >= 15 is 0 Å². The van der Waals surface area contributed by atoms with E-state index in [0.29, 0.717) is 0 Å². The maximum Gasteiger partial charge on any atom is 0.305 e. The summed E-state index contributed by atoms with van der Waals surface area (Å²) in [7, 11) is 0. The van der Waals surface area contributed by atoms with Crippen LogP contribution in [-0.2, 0) is 14.4 Å². The minimum absolute atomic E-state index is 0.00343. The monoisotopic (exact) mass is 336 g/mol. The van der Waals surface area contributed by atoms with Crippen molar-refractivity contribution in [3.8, 4) is 0 Å². The zero-order valence-electron chi connectivity index (χ0n) is 13.7. The zero-order chi connectivity index (χ0) is 17.9. The van der Waals surface area contributed by atoms with Crippen molar-refractivity contribution >= 4 is 23.5 Å².